The highest BCUT2D eigenvalue weighted by molar-refractivity contribution is 7.17. The number of methoxy groups -OCH3 is 1. The van der Waals surface area contributed by atoms with Gasteiger partial charge in [-0.3, -0.25) is 0 Å². The summed E-state index contributed by atoms with van der Waals surface area (Å²) in [5, 5.41) is 13.0. The maximum atomic E-state index is 14.0. The Morgan fingerprint density at radius 1 is 1.04 bits per heavy atom. The Balaban J connectivity index is 1.67. The SMILES string of the molecule is COc1ccc(/C=C/c2nn3c(-c4cc(F)ccc4F)nnc3s2)cc1. The Labute approximate surface area is 151 Å². The first-order valence-corrected chi connectivity index (χ1v) is 8.45. The Morgan fingerprint density at radius 3 is 2.62 bits per heavy atom. The van der Waals surface area contributed by atoms with Crippen molar-refractivity contribution in [2.75, 3.05) is 7.11 Å². The van der Waals surface area contributed by atoms with Crippen LogP contribution in [0.1, 0.15) is 10.6 Å². The number of benzene rings is 2. The third kappa shape index (κ3) is 3.06. The van der Waals surface area contributed by atoms with E-state index < -0.39 is 11.6 Å². The molecule has 26 heavy (non-hydrogen) atoms. The highest BCUT2D eigenvalue weighted by Gasteiger charge is 2.16. The van der Waals surface area contributed by atoms with Crippen LogP contribution in [0, 0.1) is 11.6 Å². The van der Waals surface area contributed by atoms with E-state index in [1.165, 1.54) is 15.9 Å². The summed E-state index contributed by atoms with van der Waals surface area (Å²) in [5.41, 5.74) is 1.00. The molecule has 0 N–H and O–H groups in total. The van der Waals surface area contributed by atoms with Crippen LogP contribution in [0.3, 0.4) is 0 Å². The fraction of sp³-hybridized carbons (Fsp3) is 0.0556. The van der Waals surface area contributed by atoms with E-state index in [0.29, 0.717) is 9.97 Å². The predicted octanol–water partition coefficient (Wildman–Crippen LogP) is 4.31. The molecule has 2 heterocycles. The van der Waals surface area contributed by atoms with E-state index in [4.69, 9.17) is 4.74 Å². The summed E-state index contributed by atoms with van der Waals surface area (Å²) in [6, 6.07) is 10.8. The van der Waals surface area contributed by atoms with Gasteiger partial charge in [0.25, 0.3) is 0 Å². The third-order valence-corrected chi connectivity index (χ3v) is 4.57. The first-order chi connectivity index (χ1) is 12.6. The molecule has 0 saturated heterocycles. The standard InChI is InChI=1S/C18H12F2N4OS/c1-25-13-6-2-11(3-7-13)4-9-16-23-24-17(21-22-18(24)26-16)14-10-12(19)5-8-15(14)20/h2-10H,1H3/b9-4+. The minimum absolute atomic E-state index is 0.0217. The summed E-state index contributed by atoms with van der Waals surface area (Å²) in [4.78, 5) is 0.498. The zero-order chi connectivity index (χ0) is 18.1. The number of rotatable bonds is 4. The topological polar surface area (TPSA) is 52.3 Å². The second-order valence-electron chi connectivity index (χ2n) is 5.39. The second kappa shape index (κ2) is 6.64. The average molecular weight is 370 g/mol. The van der Waals surface area contributed by atoms with E-state index in [9.17, 15) is 8.78 Å². The molecule has 0 saturated carbocycles. The highest BCUT2D eigenvalue weighted by atomic mass is 32.1. The van der Waals surface area contributed by atoms with Crippen molar-refractivity contribution in [3.63, 3.8) is 0 Å². The monoisotopic (exact) mass is 370 g/mol. The van der Waals surface area contributed by atoms with Crippen LogP contribution >= 0.6 is 11.3 Å². The molecule has 0 bridgehead atoms. The van der Waals surface area contributed by atoms with Gasteiger partial charge in [-0.15, -0.1) is 10.2 Å². The van der Waals surface area contributed by atoms with Crippen LogP contribution < -0.4 is 4.74 Å². The van der Waals surface area contributed by atoms with Crippen LogP contribution in [-0.2, 0) is 0 Å². The van der Waals surface area contributed by atoms with E-state index >= 15 is 0 Å². The summed E-state index contributed by atoms with van der Waals surface area (Å²) in [6.45, 7) is 0. The molecule has 4 rings (SSSR count). The molecular weight excluding hydrogens is 358 g/mol. The van der Waals surface area contributed by atoms with E-state index in [2.05, 4.69) is 15.3 Å². The summed E-state index contributed by atoms with van der Waals surface area (Å²) in [6.07, 6.45) is 3.72. The zero-order valence-electron chi connectivity index (χ0n) is 13.6. The molecule has 2 aromatic heterocycles. The maximum absolute atomic E-state index is 14.0. The third-order valence-electron chi connectivity index (χ3n) is 3.71. The van der Waals surface area contributed by atoms with Gasteiger partial charge in [0.15, 0.2) is 5.82 Å². The van der Waals surface area contributed by atoms with Gasteiger partial charge in [0.05, 0.1) is 12.7 Å². The van der Waals surface area contributed by atoms with Crippen molar-refractivity contribution in [2.45, 2.75) is 0 Å². The summed E-state index contributed by atoms with van der Waals surface area (Å²) in [5.74, 6) is -0.183. The number of hydrogen-bond donors (Lipinski definition) is 0. The first-order valence-electron chi connectivity index (χ1n) is 7.64. The predicted molar refractivity (Wildman–Crippen MR) is 95.9 cm³/mol. The fourth-order valence-electron chi connectivity index (χ4n) is 2.42. The molecule has 4 aromatic rings. The van der Waals surface area contributed by atoms with Gasteiger partial charge in [0, 0.05) is 0 Å². The van der Waals surface area contributed by atoms with Crippen molar-refractivity contribution < 1.29 is 13.5 Å². The number of hydrogen-bond acceptors (Lipinski definition) is 5. The normalized spacial score (nSPS) is 11.5. The number of halogens is 2. The molecular formula is C18H12F2N4OS. The molecule has 130 valence electrons. The van der Waals surface area contributed by atoms with Crippen molar-refractivity contribution in [3.05, 3.63) is 64.7 Å². The maximum Gasteiger partial charge on any atom is 0.235 e. The van der Waals surface area contributed by atoms with Crippen molar-refractivity contribution in [3.8, 4) is 17.1 Å². The molecule has 5 nitrogen and oxygen atoms in total. The molecule has 0 aliphatic heterocycles. The molecule has 0 amide bonds. The molecule has 0 spiro atoms. The van der Waals surface area contributed by atoms with Crippen molar-refractivity contribution in [1.82, 2.24) is 19.8 Å². The van der Waals surface area contributed by atoms with Gasteiger partial charge in [-0.05, 0) is 42.0 Å². The molecule has 0 fully saturated rings. The lowest BCUT2D eigenvalue weighted by molar-refractivity contribution is 0.415. The smallest absolute Gasteiger partial charge is 0.235 e. The second-order valence-corrected chi connectivity index (χ2v) is 6.38. The summed E-state index contributed by atoms with van der Waals surface area (Å²) in [7, 11) is 1.61. The molecule has 8 heteroatoms. The van der Waals surface area contributed by atoms with Gasteiger partial charge in [-0.1, -0.05) is 29.5 Å². The molecule has 2 aromatic carbocycles. The fourth-order valence-corrected chi connectivity index (χ4v) is 3.16. The average Bonchev–Trinajstić information content (AvgIpc) is 3.23. The summed E-state index contributed by atoms with van der Waals surface area (Å²) < 4.78 is 34.0. The molecule has 0 radical (unpaired) electrons. The minimum atomic E-state index is -0.580. The molecule has 0 aliphatic carbocycles. The van der Waals surface area contributed by atoms with E-state index in [-0.39, 0.29) is 11.4 Å². The van der Waals surface area contributed by atoms with Crippen LogP contribution in [0.4, 0.5) is 8.78 Å². The van der Waals surface area contributed by atoms with E-state index in [0.717, 1.165) is 29.5 Å². The molecule has 0 aliphatic rings. The number of aromatic nitrogens is 4. The van der Waals surface area contributed by atoms with Crippen molar-refractivity contribution in [1.29, 1.82) is 0 Å². The quantitative estimate of drug-likeness (QED) is 0.537. The van der Waals surface area contributed by atoms with E-state index in [1.54, 1.807) is 7.11 Å². The van der Waals surface area contributed by atoms with Gasteiger partial charge >= 0.3 is 0 Å². The van der Waals surface area contributed by atoms with Crippen molar-refractivity contribution >= 4 is 28.4 Å². The number of nitrogens with zero attached hydrogens (tertiary/aromatic N) is 4. The number of ether oxygens (including phenoxy) is 1. The highest BCUT2D eigenvalue weighted by Crippen LogP contribution is 2.25. The number of fused-ring (bicyclic) bond motifs is 1. The minimum Gasteiger partial charge on any atom is -0.497 e. The van der Waals surface area contributed by atoms with Crippen molar-refractivity contribution in [2.24, 2.45) is 0 Å². The summed E-state index contributed by atoms with van der Waals surface area (Å²) >= 11 is 1.30. The lowest BCUT2D eigenvalue weighted by Gasteiger charge is -1.99. The van der Waals surface area contributed by atoms with E-state index in [1.807, 2.05) is 36.4 Å². The Morgan fingerprint density at radius 2 is 1.85 bits per heavy atom. The van der Waals surface area contributed by atoms with Gasteiger partial charge in [-0.2, -0.15) is 9.61 Å². The van der Waals surface area contributed by atoms with Crippen LogP contribution in [0.2, 0.25) is 0 Å². The van der Waals surface area contributed by atoms with Crippen LogP contribution in [-0.4, -0.2) is 26.9 Å². The molecule has 0 atom stereocenters. The lowest BCUT2D eigenvalue weighted by atomic mass is 10.2. The largest absolute Gasteiger partial charge is 0.497 e. The van der Waals surface area contributed by atoms with Gasteiger partial charge < -0.3 is 4.74 Å². The van der Waals surface area contributed by atoms with Crippen LogP contribution in [0.25, 0.3) is 28.5 Å². The zero-order valence-corrected chi connectivity index (χ0v) is 14.4. The Hall–Kier alpha value is -3.13. The first kappa shape index (κ1) is 16.3. The lowest BCUT2D eigenvalue weighted by Crippen LogP contribution is -1.94. The Bertz CT molecular complexity index is 1100. The Kier molecular flexibility index (Phi) is 4.18. The van der Waals surface area contributed by atoms with Gasteiger partial charge in [-0.25, -0.2) is 8.78 Å². The van der Waals surface area contributed by atoms with Crippen LogP contribution in [0.5, 0.6) is 5.75 Å². The molecule has 0 unspecified atom stereocenters. The van der Waals surface area contributed by atoms with Gasteiger partial charge in [0.2, 0.25) is 4.96 Å². The van der Waals surface area contributed by atoms with Gasteiger partial charge in [0.1, 0.15) is 22.4 Å². The van der Waals surface area contributed by atoms with Crippen LogP contribution in [0.15, 0.2) is 42.5 Å².